The smallest absolute Gasteiger partial charge is 0.257 e. The molecule has 4 N–H and O–H groups in total. The third-order valence-corrected chi connectivity index (χ3v) is 15.6. The zero-order valence-electron chi connectivity index (χ0n) is 51.4. The Morgan fingerprint density at radius 3 is 1.10 bits per heavy atom. The summed E-state index contributed by atoms with van der Waals surface area (Å²) in [5.74, 6) is 2.03. The van der Waals surface area contributed by atoms with Crippen molar-refractivity contribution >= 4 is 46.2 Å². The molecule has 2 aromatic carbocycles. The van der Waals surface area contributed by atoms with E-state index >= 15 is 0 Å². The van der Waals surface area contributed by atoms with Gasteiger partial charge in [0.15, 0.2) is 23.0 Å². The molecule has 0 aliphatic heterocycles. The molecule has 4 unspecified atom stereocenters. The van der Waals surface area contributed by atoms with Crippen molar-refractivity contribution < 1.29 is 9.59 Å². The van der Waals surface area contributed by atoms with E-state index in [1.54, 1.807) is 0 Å². The van der Waals surface area contributed by atoms with Gasteiger partial charge in [0.05, 0.1) is 33.9 Å². The van der Waals surface area contributed by atoms with Gasteiger partial charge in [-0.1, -0.05) is 198 Å². The predicted octanol–water partition coefficient (Wildman–Crippen LogP) is 16.6. The second kappa shape index (κ2) is 31.0. The number of hydrogen-bond acceptors (Lipinski definition) is 13. The summed E-state index contributed by atoms with van der Waals surface area (Å²) in [4.78, 5) is 47.5. The second-order valence-corrected chi connectivity index (χ2v) is 24.1. The standard InChI is InChI=1S/C63H99N15O2/c1-15-23-31-44(19-5)39-75(40-45(20-6)32-24-16-2)58(79)48-35-27-29-37-50(48)69-71-52-54(62(9,10)11)73-77(56(52)64)60-66-43-67-61(68-60)78-57(65)53(55(74-78)63(12,13)14)72-70-51-38-30-28-36-49(51)59(80)76(41-46(21-7)33-25-17-3)42-47(22-8)34-26-18-4/h27-30,35-38,43-47H,15-26,31-34,39-42,64-65H2,1-14H3/b71-69+,72-70+. The summed E-state index contributed by atoms with van der Waals surface area (Å²) in [7, 11) is 0. The molecular weight excluding hydrogens is 999 g/mol. The summed E-state index contributed by atoms with van der Waals surface area (Å²) >= 11 is 0. The van der Waals surface area contributed by atoms with Gasteiger partial charge in [0.25, 0.3) is 23.7 Å². The molecule has 0 aliphatic rings. The Balaban J connectivity index is 1.53. The van der Waals surface area contributed by atoms with Crippen molar-refractivity contribution in [3.8, 4) is 11.9 Å². The van der Waals surface area contributed by atoms with Gasteiger partial charge in [-0.3, -0.25) is 9.59 Å². The van der Waals surface area contributed by atoms with Crippen LogP contribution in [0.5, 0.6) is 0 Å². The van der Waals surface area contributed by atoms with Crippen molar-refractivity contribution in [1.82, 2.24) is 44.3 Å². The SMILES string of the molecule is CCCCC(CC)CN(CC(CC)CCCC)C(=O)c1ccccc1/N=N/c1c(C(C)(C)C)nn(-c2ncnc(-n3nc(C(C)(C)C)c(/N=N/c4ccccc4C(=O)N(CC(CC)CCCC)CC(CC)CCCC)c3N)n2)c1N. The second-order valence-electron chi connectivity index (χ2n) is 24.1. The van der Waals surface area contributed by atoms with Gasteiger partial charge < -0.3 is 21.3 Å². The minimum atomic E-state index is -0.550. The first-order valence-electron chi connectivity index (χ1n) is 30.4. The first-order chi connectivity index (χ1) is 38.3. The van der Waals surface area contributed by atoms with Gasteiger partial charge in [-0.05, 0) is 73.6 Å². The molecule has 17 heteroatoms. The molecule has 5 aromatic rings. The van der Waals surface area contributed by atoms with Crippen LogP contribution < -0.4 is 11.5 Å². The Morgan fingerprint density at radius 1 is 0.500 bits per heavy atom. The largest absolute Gasteiger partial charge is 0.382 e. The highest BCUT2D eigenvalue weighted by atomic mass is 16.2. The van der Waals surface area contributed by atoms with Crippen molar-refractivity contribution in [3.63, 3.8) is 0 Å². The van der Waals surface area contributed by atoms with Gasteiger partial charge in [0.2, 0.25) is 0 Å². The lowest BCUT2D eigenvalue weighted by Crippen LogP contribution is -2.39. The van der Waals surface area contributed by atoms with E-state index in [1.165, 1.54) is 15.7 Å². The maximum absolute atomic E-state index is 14.8. The lowest BCUT2D eigenvalue weighted by Gasteiger charge is -2.31. The number of nitrogens with zero attached hydrogens (tertiary/aromatic N) is 13. The molecule has 4 atom stereocenters. The summed E-state index contributed by atoms with van der Waals surface area (Å²) in [6, 6.07) is 14.8. The van der Waals surface area contributed by atoms with Crippen molar-refractivity contribution in [2.75, 3.05) is 37.6 Å². The minimum absolute atomic E-state index is 0.0440. The van der Waals surface area contributed by atoms with Crippen molar-refractivity contribution in [3.05, 3.63) is 77.4 Å². The van der Waals surface area contributed by atoms with Crippen LogP contribution in [0.3, 0.4) is 0 Å². The first kappa shape index (κ1) is 64.4. The number of anilines is 2. The summed E-state index contributed by atoms with van der Waals surface area (Å²) < 4.78 is 2.84. The van der Waals surface area contributed by atoms with Crippen molar-refractivity contribution in [1.29, 1.82) is 0 Å². The summed E-state index contributed by atoms with van der Waals surface area (Å²) in [6.07, 6.45) is 18.8. The summed E-state index contributed by atoms with van der Waals surface area (Å²) in [5, 5.41) is 29.0. The van der Waals surface area contributed by atoms with Crippen LogP contribution in [0.1, 0.15) is 232 Å². The maximum atomic E-state index is 14.8. The minimum Gasteiger partial charge on any atom is -0.382 e. The normalized spacial score (nSPS) is 13.8. The molecule has 0 bridgehead atoms. The zero-order chi connectivity index (χ0) is 58.6. The van der Waals surface area contributed by atoms with Gasteiger partial charge in [-0.2, -0.15) is 34.5 Å². The number of benzene rings is 2. The number of rotatable bonds is 32. The van der Waals surface area contributed by atoms with Crippen LogP contribution in [-0.4, -0.2) is 82.3 Å². The third-order valence-electron chi connectivity index (χ3n) is 15.6. The number of azo groups is 2. The monoisotopic (exact) mass is 1100 g/mol. The fraction of sp³-hybridized carbons (Fsp3) is 0.635. The van der Waals surface area contributed by atoms with E-state index in [0.717, 1.165) is 103 Å². The fourth-order valence-electron chi connectivity index (χ4n) is 10.3. The van der Waals surface area contributed by atoms with Gasteiger partial charge in [-0.15, -0.1) is 20.5 Å². The van der Waals surface area contributed by atoms with Crippen LogP contribution in [0.15, 0.2) is 75.3 Å². The first-order valence-corrected chi connectivity index (χ1v) is 30.4. The molecule has 0 fully saturated rings. The molecular formula is C63H99N15O2. The topological polar surface area (TPSA) is 216 Å². The molecule has 17 nitrogen and oxygen atoms in total. The van der Waals surface area contributed by atoms with Gasteiger partial charge >= 0.3 is 0 Å². The van der Waals surface area contributed by atoms with E-state index in [2.05, 4.69) is 75.2 Å². The maximum Gasteiger partial charge on any atom is 0.257 e. The lowest BCUT2D eigenvalue weighted by atomic mass is 9.91. The Bertz CT molecular complexity index is 2560. The van der Waals surface area contributed by atoms with Crippen molar-refractivity contribution in [2.45, 2.75) is 210 Å². The van der Waals surface area contributed by atoms with E-state index in [1.807, 2.05) is 90.1 Å². The molecule has 3 aromatic heterocycles. The highest BCUT2D eigenvalue weighted by Gasteiger charge is 2.32. The number of amides is 2. The van der Waals surface area contributed by atoms with Crippen LogP contribution >= 0.6 is 0 Å². The Morgan fingerprint density at radius 2 is 0.812 bits per heavy atom. The van der Waals surface area contributed by atoms with Gasteiger partial charge in [0.1, 0.15) is 6.33 Å². The fourth-order valence-corrected chi connectivity index (χ4v) is 10.3. The van der Waals surface area contributed by atoms with E-state index < -0.39 is 10.8 Å². The van der Waals surface area contributed by atoms with Gasteiger partial charge in [-0.25, -0.2) is 0 Å². The third kappa shape index (κ3) is 17.3. The van der Waals surface area contributed by atoms with E-state index in [0.29, 0.717) is 95.1 Å². The van der Waals surface area contributed by atoms with Crippen LogP contribution in [0.4, 0.5) is 34.4 Å². The number of unbranched alkanes of at least 4 members (excludes halogenated alkanes) is 4. The van der Waals surface area contributed by atoms with Crippen LogP contribution in [0.2, 0.25) is 0 Å². The lowest BCUT2D eigenvalue weighted by molar-refractivity contribution is 0.0679. The highest BCUT2D eigenvalue weighted by molar-refractivity contribution is 5.99. The van der Waals surface area contributed by atoms with Crippen molar-refractivity contribution in [2.24, 2.45) is 44.1 Å². The molecule has 3 heterocycles. The molecule has 0 aliphatic carbocycles. The number of nitrogens with two attached hydrogens (primary N) is 2. The molecule has 80 heavy (non-hydrogen) atoms. The molecule has 2 amide bonds. The zero-order valence-corrected chi connectivity index (χ0v) is 51.4. The number of aromatic nitrogens is 7. The Hall–Kier alpha value is -6.39. The number of carbonyl (C=O) groups is 2. The molecule has 0 saturated carbocycles. The number of nitrogen functional groups attached to an aromatic ring is 2. The molecule has 5 rings (SSSR count). The summed E-state index contributed by atoms with van der Waals surface area (Å²) in [6.45, 7) is 32.7. The average molecular weight is 1100 g/mol. The quantitative estimate of drug-likeness (QED) is 0.0391. The van der Waals surface area contributed by atoms with Crippen LogP contribution in [0, 0.1) is 23.7 Å². The molecule has 0 spiro atoms. The predicted molar refractivity (Wildman–Crippen MR) is 327 cm³/mol. The number of carbonyl (C=O) groups excluding carboxylic acids is 2. The average Bonchev–Trinajstić information content (AvgIpc) is 4.14. The van der Waals surface area contributed by atoms with Crippen LogP contribution in [0.25, 0.3) is 11.9 Å². The Labute approximate surface area is 479 Å². The van der Waals surface area contributed by atoms with Crippen LogP contribution in [-0.2, 0) is 10.8 Å². The van der Waals surface area contributed by atoms with Gasteiger partial charge in [0, 0.05) is 37.0 Å². The van der Waals surface area contributed by atoms with E-state index in [9.17, 15) is 9.59 Å². The number of hydrogen-bond donors (Lipinski definition) is 2. The molecule has 0 radical (unpaired) electrons. The highest BCUT2D eigenvalue weighted by Crippen LogP contribution is 2.40. The molecule has 0 saturated heterocycles. The molecule has 438 valence electrons. The van der Waals surface area contributed by atoms with E-state index in [-0.39, 0.29) is 35.3 Å². The summed E-state index contributed by atoms with van der Waals surface area (Å²) in [5.41, 5.74) is 16.5. The Kier molecular flexibility index (Phi) is 25.0. The van der Waals surface area contributed by atoms with E-state index in [4.69, 9.17) is 47.1 Å².